The van der Waals surface area contributed by atoms with Gasteiger partial charge in [0.15, 0.2) is 0 Å². The number of methoxy groups -OCH3 is 1. The number of piperidine rings is 1. The SMILES string of the molecule is COCC1CCCN(CCn2ccc(N)n2)C1. The summed E-state index contributed by atoms with van der Waals surface area (Å²) in [4.78, 5) is 2.49. The van der Waals surface area contributed by atoms with Crippen LogP contribution in [0, 0.1) is 5.92 Å². The van der Waals surface area contributed by atoms with Crippen LogP contribution in [0.15, 0.2) is 12.3 Å². The molecule has 0 aliphatic carbocycles. The molecular weight excluding hydrogens is 216 g/mol. The lowest BCUT2D eigenvalue weighted by Crippen LogP contribution is -2.38. The highest BCUT2D eigenvalue weighted by molar-refractivity contribution is 5.23. The van der Waals surface area contributed by atoms with E-state index in [0.29, 0.717) is 11.7 Å². The first-order valence-corrected chi connectivity index (χ1v) is 6.28. The predicted octanol–water partition coefficient (Wildman–Crippen LogP) is 0.824. The van der Waals surface area contributed by atoms with E-state index in [0.717, 1.165) is 26.2 Å². The molecule has 1 aromatic heterocycles. The zero-order valence-corrected chi connectivity index (χ0v) is 10.5. The molecule has 0 radical (unpaired) electrons. The lowest BCUT2D eigenvalue weighted by Gasteiger charge is -2.32. The van der Waals surface area contributed by atoms with Crippen molar-refractivity contribution in [3.63, 3.8) is 0 Å². The highest BCUT2D eigenvalue weighted by Gasteiger charge is 2.19. The molecule has 1 aliphatic heterocycles. The van der Waals surface area contributed by atoms with E-state index in [1.54, 1.807) is 7.11 Å². The van der Waals surface area contributed by atoms with Gasteiger partial charge in [0.05, 0.1) is 13.2 Å². The van der Waals surface area contributed by atoms with E-state index >= 15 is 0 Å². The van der Waals surface area contributed by atoms with Crippen LogP contribution in [-0.2, 0) is 11.3 Å². The fourth-order valence-electron chi connectivity index (χ4n) is 2.47. The molecular formula is C12H22N4O. The Morgan fingerprint density at radius 3 is 3.12 bits per heavy atom. The molecule has 2 heterocycles. The number of ether oxygens (including phenoxy) is 1. The third-order valence-electron chi connectivity index (χ3n) is 3.31. The van der Waals surface area contributed by atoms with Crippen molar-refractivity contribution in [1.82, 2.24) is 14.7 Å². The lowest BCUT2D eigenvalue weighted by atomic mass is 9.99. The fourth-order valence-corrected chi connectivity index (χ4v) is 2.47. The van der Waals surface area contributed by atoms with Gasteiger partial charge in [-0.3, -0.25) is 4.68 Å². The predicted molar refractivity (Wildman–Crippen MR) is 67.7 cm³/mol. The van der Waals surface area contributed by atoms with Crippen molar-refractivity contribution in [2.75, 3.05) is 39.1 Å². The minimum atomic E-state index is 0.598. The van der Waals surface area contributed by atoms with Crippen LogP contribution in [0.5, 0.6) is 0 Å². The minimum Gasteiger partial charge on any atom is -0.384 e. The summed E-state index contributed by atoms with van der Waals surface area (Å²) in [6.45, 7) is 5.17. The largest absolute Gasteiger partial charge is 0.384 e. The van der Waals surface area contributed by atoms with Gasteiger partial charge in [0.1, 0.15) is 5.82 Å². The zero-order chi connectivity index (χ0) is 12.1. The maximum Gasteiger partial charge on any atom is 0.145 e. The number of nitrogen functional groups attached to an aromatic ring is 1. The standard InChI is InChI=1S/C12H22N4O/c1-17-10-11-3-2-5-15(9-11)7-8-16-6-4-12(13)14-16/h4,6,11H,2-3,5,7-10H2,1H3,(H2,13,14). The monoisotopic (exact) mass is 238 g/mol. The second-order valence-corrected chi connectivity index (χ2v) is 4.77. The molecule has 1 atom stereocenters. The normalized spacial score (nSPS) is 21.8. The molecule has 2 rings (SSSR count). The zero-order valence-electron chi connectivity index (χ0n) is 10.5. The van der Waals surface area contributed by atoms with Crippen LogP contribution in [0.25, 0.3) is 0 Å². The van der Waals surface area contributed by atoms with Gasteiger partial charge in [-0.1, -0.05) is 0 Å². The lowest BCUT2D eigenvalue weighted by molar-refractivity contribution is 0.0885. The molecule has 0 amide bonds. The summed E-state index contributed by atoms with van der Waals surface area (Å²) in [5.74, 6) is 1.29. The highest BCUT2D eigenvalue weighted by atomic mass is 16.5. The van der Waals surface area contributed by atoms with Crippen LogP contribution in [0.4, 0.5) is 5.82 Å². The van der Waals surface area contributed by atoms with Crippen LogP contribution < -0.4 is 5.73 Å². The first-order chi connectivity index (χ1) is 8.28. The van der Waals surface area contributed by atoms with Crippen molar-refractivity contribution >= 4 is 5.82 Å². The van der Waals surface area contributed by atoms with E-state index in [2.05, 4.69) is 10.00 Å². The van der Waals surface area contributed by atoms with E-state index in [-0.39, 0.29) is 0 Å². The summed E-state index contributed by atoms with van der Waals surface area (Å²) in [5, 5.41) is 4.19. The van der Waals surface area contributed by atoms with Crippen LogP contribution >= 0.6 is 0 Å². The second kappa shape index (κ2) is 6.02. The Labute approximate surface area is 103 Å². The Bertz CT molecular complexity index is 337. The van der Waals surface area contributed by atoms with E-state index in [1.807, 2.05) is 16.9 Å². The average Bonchev–Trinajstić information content (AvgIpc) is 2.74. The molecule has 96 valence electrons. The average molecular weight is 238 g/mol. The molecule has 1 aliphatic rings. The molecule has 1 fully saturated rings. The van der Waals surface area contributed by atoms with Crippen molar-refractivity contribution in [3.05, 3.63) is 12.3 Å². The number of likely N-dealkylation sites (tertiary alicyclic amines) is 1. The molecule has 17 heavy (non-hydrogen) atoms. The van der Waals surface area contributed by atoms with E-state index in [9.17, 15) is 0 Å². The number of anilines is 1. The molecule has 0 saturated carbocycles. The number of hydrogen-bond donors (Lipinski definition) is 1. The molecule has 0 aromatic carbocycles. The van der Waals surface area contributed by atoms with Gasteiger partial charge in [0, 0.05) is 26.4 Å². The Hall–Kier alpha value is -1.07. The molecule has 1 unspecified atom stereocenters. The van der Waals surface area contributed by atoms with Crippen LogP contribution in [0.1, 0.15) is 12.8 Å². The smallest absolute Gasteiger partial charge is 0.145 e. The summed E-state index contributed by atoms with van der Waals surface area (Å²) in [6, 6.07) is 1.84. The van der Waals surface area contributed by atoms with Gasteiger partial charge in [-0.15, -0.1) is 0 Å². The summed E-state index contributed by atoms with van der Waals surface area (Å²) < 4.78 is 7.15. The van der Waals surface area contributed by atoms with Gasteiger partial charge < -0.3 is 15.4 Å². The number of nitrogens with zero attached hydrogens (tertiary/aromatic N) is 3. The molecule has 0 spiro atoms. The van der Waals surface area contributed by atoms with Crippen molar-refractivity contribution in [2.24, 2.45) is 5.92 Å². The van der Waals surface area contributed by atoms with Gasteiger partial charge in [-0.25, -0.2) is 0 Å². The Morgan fingerprint density at radius 2 is 2.41 bits per heavy atom. The van der Waals surface area contributed by atoms with Crippen LogP contribution in [-0.4, -0.2) is 48.0 Å². The summed E-state index contributed by atoms with van der Waals surface area (Å²) in [6.07, 6.45) is 4.50. The van der Waals surface area contributed by atoms with E-state index in [4.69, 9.17) is 10.5 Å². The highest BCUT2D eigenvalue weighted by Crippen LogP contribution is 2.16. The topological polar surface area (TPSA) is 56.3 Å². The molecule has 2 N–H and O–H groups in total. The molecule has 1 aromatic rings. The number of rotatable bonds is 5. The van der Waals surface area contributed by atoms with Gasteiger partial charge in [-0.2, -0.15) is 5.10 Å². The molecule has 5 nitrogen and oxygen atoms in total. The second-order valence-electron chi connectivity index (χ2n) is 4.77. The summed E-state index contributed by atoms with van der Waals surface area (Å²) >= 11 is 0. The fraction of sp³-hybridized carbons (Fsp3) is 0.750. The van der Waals surface area contributed by atoms with E-state index < -0.39 is 0 Å². The van der Waals surface area contributed by atoms with Crippen LogP contribution in [0.2, 0.25) is 0 Å². The third kappa shape index (κ3) is 3.71. The van der Waals surface area contributed by atoms with E-state index in [1.165, 1.54) is 19.4 Å². The van der Waals surface area contributed by atoms with Gasteiger partial charge in [-0.05, 0) is 31.4 Å². The Balaban J connectivity index is 1.75. The number of aromatic nitrogens is 2. The van der Waals surface area contributed by atoms with Crippen molar-refractivity contribution in [2.45, 2.75) is 19.4 Å². The summed E-state index contributed by atoms with van der Waals surface area (Å²) in [5.41, 5.74) is 5.59. The molecule has 5 heteroatoms. The maximum atomic E-state index is 5.59. The maximum absolute atomic E-state index is 5.59. The molecule has 0 bridgehead atoms. The molecule has 1 saturated heterocycles. The van der Waals surface area contributed by atoms with Crippen molar-refractivity contribution < 1.29 is 4.74 Å². The Morgan fingerprint density at radius 1 is 1.53 bits per heavy atom. The first-order valence-electron chi connectivity index (χ1n) is 6.28. The number of hydrogen-bond acceptors (Lipinski definition) is 4. The number of nitrogens with two attached hydrogens (primary N) is 1. The third-order valence-corrected chi connectivity index (χ3v) is 3.31. The van der Waals surface area contributed by atoms with Gasteiger partial charge >= 0.3 is 0 Å². The van der Waals surface area contributed by atoms with Crippen LogP contribution in [0.3, 0.4) is 0 Å². The van der Waals surface area contributed by atoms with Gasteiger partial charge in [0.25, 0.3) is 0 Å². The van der Waals surface area contributed by atoms with Gasteiger partial charge in [0.2, 0.25) is 0 Å². The minimum absolute atomic E-state index is 0.598. The Kier molecular flexibility index (Phi) is 4.39. The van der Waals surface area contributed by atoms with Crippen molar-refractivity contribution in [1.29, 1.82) is 0 Å². The van der Waals surface area contributed by atoms with Crippen molar-refractivity contribution in [3.8, 4) is 0 Å². The quantitative estimate of drug-likeness (QED) is 0.825. The first kappa shape index (κ1) is 12.4. The summed E-state index contributed by atoms with van der Waals surface area (Å²) in [7, 11) is 1.78.